The van der Waals surface area contributed by atoms with Crippen LogP contribution in [0, 0.1) is 11.3 Å². The third-order valence-corrected chi connectivity index (χ3v) is 7.83. The first kappa shape index (κ1) is 21.9. The lowest BCUT2D eigenvalue weighted by Gasteiger charge is -2.42. The van der Waals surface area contributed by atoms with Crippen LogP contribution in [0.25, 0.3) is 0 Å². The number of aryl methyl sites for hydroxylation is 1. The molecule has 2 aromatic carbocycles. The van der Waals surface area contributed by atoms with Crippen molar-refractivity contribution < 1.29 is 4.79 Å². The summed E-state index contributed by atoms with van der Waals surface area (Å²) in [6.07, 6.45) is 5.89. The van der Waals surface area contributed by atoms with E-state index >= 15 is 0 Å². The number of unbranched alkanes of at least 4 members (excludes halogenated alkanes) is 1. The van der Waals surface area contributed by atoms with Crippen LogP contribution in [0.1, 0.15) is 43.2 Å². The number of hydrogen-bond donors (Lipinski definition) is 0. The standard InChI is InChI=1S/C25H27N3OS2/c1-3-4-5-18-6-10-20(11-7-18)27-16-28-24(29)14-22(23(15-26)25(28)31-17-27)19-8-12-21(30-2)13-9-19/h6-13,22H,3-5,14,16-17H2,1-2H3. The van der Waals surface area contributed by atoms with Gasteiger partial charge in [0.2, 0.25) is 5.91 Å². The average Bonchev–Trinajstić information content (AvgIpc) is 2.83. The first-order chi connectivity index (χ1) is 15.1. The van der Waals surface area contributed by atoms with Crippen molar-refractivity contribution in [2.75, 3.05) is 23.7 Å². The first-order valence-electron chi connectivity index (χ1n) is 10.7. The molecular formula is C25H27N3OS2. The first-order valence-corrected chi connectivity index (χ1v) is 12.9. The lowest BCUT2D eigenvalue weighted by atomic mass is 9.86. The number of hydrogen-bond acceptors (Lipinski definition) is 5. The molecule has 0 aliphatic carbocycles. The predicted octanol–water partition coefficient (Wildman–Crippen LogP) is 5.97. The highest BCUT2D eigenvalue weighted by Gasteiger charge is 2.38. The fraction of sp³-hybridized carbons (Fsp3) is 0.360. The summed E-state index contributed by atoms with van der Waals surface area (Å²) in [6.45, 7) is 2.71. The topological polar surface area (TPSA) is 47.3 Å². The van der Waals surface area contributed by atoms with Crippen molar-refractivity contribution in [2.24, 2.45) is 0 Å². The lowest BCUT2D eigenvalue weighted by molar-refractivity contribution is -0.129. The van der Waals surface area contributed by atoms with E-state index in [0.717, 1.165) is 34.2 Å². The Bertz CT molecular complexity index is 1010. The molecule has 2 heterocycles. The molecule has 160 valence electrons. The van der Waals surface area contributed by atoms with Crippen molar-refractivity contribution in [1.82, 2.24) is 4.90 Å². The third kappa shape index (κ3) is 4.63. The van der Waals surface area contributed by atoms with Crippen molar-refractivity contribution in [3.8, 4) is 6.07 Å². The molecule has 1 amide bonds. The number of allylic oxidation sites excluding steroid dienone is 1. The summed E-state index contributed by atoms with van der Waals surface area (Å²) in [4.78, 5) is 18.3. The van der Waals surface area contributed by atoms with Crippen molar-refractivity contribution in [3.05, 3.63) is 70.3 Å². The molecule has 0 bridgehead atoms. The van der Waals surface area contributed by atoms with Crippen LogP contribution in [0.5, 0.6) is 0 Å². The van der Waals surface area contributed by atoms with Crippen LogP contribution in [0.4, 0.5) is 5.69 Å². The van der Waals surface area contributed by atoms with E-state index < -0.39 is 0 Å². The van der Waals surface area contributed by atoms with Gasteiger partial charge in [-0.25, -0.2) is 0 Å². The van der Waals surface area contributed by atoms with Gasteiger partial charge in [-0.15, -0.1) is 11.8 Å². The molecule has 1 saturated heterocycles. The van der Waals surface area contributed by atoms with Crippen LogP contribution in [0.3, 0.4) is 0 Å². The summed E-state index contributed by atoms with van der Waals surface area (Å²) in [7, 11) is 0. The quantitative estimate of drug-likeness (QED) is 0.509. The molecule has 0 spiro atoms. The molecule has 2 aliphatic heterocycles. The Labute approximate surface area is 193 Å². The van der Waals surface area contributed by atoms with Gasteiger partial charge in [0.1, 0.15) is 0 Å². The average molecular weight is 450 g/mol. The van der Waals surface area contributed by atoms with Crippen LogP contribution in [0.2, 0.25) is 0 Å². The maximum Gasteiger partial charge on any atom is 0.229 e. The summed E-state index contributed by atoms with van der Waals surface area (Å²) < 4.78 is 0. The number of carbonyl (C=O) groups excluding carboxylic acids is 1. The number of anilines is 1. The number of nitrogens with zero attached hydrogens (tertiary/aromatic N) is 3. The van der Waals surface area contributed by atoms with Crippen LogP contribution < -0.4 is 4.90 Å². The molecule has 1 unspecified atom stereocenters. The fourth-order valence-corrected chi connectivity index (χ4v) is 5.68. The van der Waals surface area contributed by atoms with Crippen molar-refractivity contribution in [3.63, 3.8) is 0 Å². The zero-order valence-corrected chi connectivity index (χ0v) is 19.6. The number of thioether (sulfide) groups is 2. The molecule has 0 radical (unpaired) electrons. The van der Waals surface area contributed by atoms with Gasteiger partial charge in [0.25, 0.3) is 0 Å². The van der Waals surface area contributed by atoms with E-state index in [4.69, 9.17) is 0 Å². The Kier molecular flexibility index (Phi) is 6.94. The van der Waals surface area contributed by atoms with E-state index in [0.29, 0.717) is 13.1 Å². The summed E-state index contributed by atoms with van der Waals surface area (Å²) in [5.41, 5.74) is 4.23. The maximum atomic E-state index is 13.1. The molecule has 4 nitrogen and oxygen atoms in total. The number of rotatable bonds is 6. The van der Waals surface area contributed by atoms with Gasteiger partial charge in [0.15, 0.2) is 0 Å². The van der Waals surface area contributed by atoms with E-state index in [-0.39, 0.29) is 11.8 Å². The largest absolute Gasteiger partial charge is 0.344 e. The van der Waals surface area contributed by atoms with Crippen molar-refractivity contribution in [2.45, 2.75) is 43.4 Å². The second-order valence-corrected chi connectivity index (χ2v) is 9.72. The Morgan fingerprint density at radius 2 is 1.90 bits per heavy atom. The van der Waals surface area contributed by atoms with Crippen LogP contribution in [-0.4, -0.2) is 29.6 Å². The smallest absolute Gasteiger partial charge is 0.229 e. The summed E-state index contributed by atoms with van der Waals surface area (Å²) in [5.74, 6) is 0.665. The van der Waals surface area contributed by atoms with Crippen LogP contribution in [-0.2, 0) is 11.2 Å². The van der Waals surface area contributed by atoms with Crippen molar-refractivity contribution >= 4 is 35.1 Å². The normalized spacial score (nSPS) is 18.7. The lowest BCUT2D eigenvalue weighted by Crippen LogP contribution is -2.47. The van der Waals surface area contributed by atoms with E-state index in [1.165, 1.54) is 23.3 Å². The third-order valence-electron chi connectivity index (χ3n) is 5.93. The van der Waals surface area contributed by atoms with Crippen molar-refractivity contribution in [1.29, 1.82) is 5.26 Å². The fourth-order valence-electron chi connectivity index (χ4n) is 4.10. The van der Waals surface area contributed by atoms with E-state index in [1.54, 1.807) is 28.4 Å². The molecule has 4 rings (SSSR count). The molecule has 6 heteroatoms. The summed E-state index contributed by atoms with van der Waals surface area (Å²) >= 11 is 3.28. The minimum atomic E-state index is -0.156. The Morgan fingerprint density at radius 3 is 2.55 bits per heavy atom. The van der Waals surface area contributed by atoms with E-state index in [1.807, 2.05) is 6.26 Å². The predicted molar refractivity (Wildman–Crippen MR) is 130 cm³/mol. The highest BCUT2D eigenvalue weighted by molar-refractivity contribution is 8.03. The molecular weight excluding hydrogens is 422 g/mol. The molecule has 0 N–H and O–H groups in total. The number of amides is 1. The Hall–Kier alpha value is -2.36. The van der Waals surface area contributed by atoms with Crippen LogP contribution in [0.15, 0.2) is 64.0 Å². The molecule has 1 atom stereocenters. The highest BCUT2D eigenvalue weighted by atomic mass is 32.2. The molecule has 2 aliphatic rings. The second kappa shape index (κ2) is 9.84. The minimum Gasteiger partial charge on any atom is -0.344 e. The number of carbonyl (C=O) groups is 1. The van der Waals surface area contributed by atoms with E-state index in [2.05, 4.69) is 66.4 Å². The SMILES string of the molecule is CCCCc1ccc(N2CSC3=C(C#N)C(c4ccc(SC)cc4)CC(=O)N3C2)cc1. The monoisotopic (exact) mass is 449 g/mol. The molecule has 2 aromatic rings. The zero-order valence-electron chi connectivity index (χ0n) is 18.0. The highest BCUT2D eigenvalue weighted by Crippen LogP contribution is 2.43. The number of benzene rings is 2. The number of nitriles is 1. The maximum absolute atomic E-state index is 13.1. The van der Waals surface area contributed by atoms with E-state index in [9.17, 15) is 10.1 Å². The van der Waals surface area contributed by atoms with Gasteiger partial charge in [-0.3, -0.25) is 9.69 Å². The Balaban J connectivity index is 1.55. The van der Waals surface area contributed by atoms with Gasteiger partial charge in [0, 0.05) is 22.9 Å². The van der Waals surface area contributed by atoms with Gasteiger partial charge in [-0.2, -0.15) is 5.26 Å². The van der Waals surface area contributed by atoms with Gasteiger partial charge < -0.3 is 4.90 Å². The second-order valence-electron chi connectivity index (χ2n) is 7.91. The molecule has 0 aromatic heterocycles. The van der Waals surface area contributed by atoms with Crippen LogP contribution >= 0.6 is 23.5 Å². The van der Waals surface area contributed by atoms with Gasteiger partial charge >= 0.3 is 0 Å². The zero-order chi connectivity index (χ0) is 21.8. The summed E-state index contributed by atoms with van der Waals surface area (Å²) in [6, 6.07) is 19.3. The van der Waals surface area contributed by atoms with Gasteiger partial charge in [0.05, 0.1) is 29.2 Å². The Morgan fingerprint density at radius 1 is 1.16 bits per heavy atom. The minimum absolute atomic E-state index is 0.0877. The number of fused-ring (bicyclic) bond motifs is 1. The van der Waals surface area contributed by atoms with Gasteiger partial charge in [-0.1, -0.05) is 49.4 Å². The molecule has 31 heavy (non-hydrogen) atoms. The summed E-state index contributed by atoms with van der Waals surface area (Å²) in [5, 5.41) is 10.8. The molecule has 1 fully saturated rings. The van der Waals surface area contributed by atoms with Gasteiger partial charge in [-0.05, 0) is 54.5 Å². The molecule has 0 saturated carbocycles.